The lowest BCUT2D eigenvalue weighted by Crippen LogP contribution is -2.43. The Morgan fingerprint density at radius 2 is 2.09 bits per heavy atom. The molecule has 33 heavy (non-hydrogen) atoms. The second-order valence-electron chi connectivity index (χ2n) is 6.23. The predicted molar refractivity (Wildman–Crippen MR) is 134 cm³/mol. The van der Waals surface area contributed by atoms with Crippen molar-refractivity contribution in [3.63, 3.8) is 0 Å². The van der Waals surface area contributed by atoms with Gasteiger partial charge in [0.1, 0.15) is 5.83 Å². The van der Waals surface area contributed by atoms with Gasteiger partial charge in [0, 0.05) is 30.9 Å². The zero-order valence-electron chi connectivity index (χ0n) is 18.9. The van der Waals surface area contributed by atoms with Gasteiger partial charge in [0.15, 0.2) is 12.2 Å². The fourth-order valence-corrected chi connectivity index (χ4v) is 2.47. The minimum absolute atomic E-state index is 0.142. The number of nitrogens with one attached hydrogen (secondary N) is 3. The van der Waals surface area contributed by atoms with Gasteiger partial charge in [0.05, 0.1) is 6.54 Å². The minimum Gasteiger partial charge on any atom is -0.350 e. The van der Waals surface area contributed by atoms with Gasteiger partial charge in [-0.05, 0) is 18.6 Å². The first kappa shape index (κ1) is 27.9. The molecule has 0 aliphatic rings. The maximum absolute atomic E-state index is 13.3. The summed E-state index contributed by atoms with van der Waals surface area (Å²) >= 11 is 11.6. The SMILES string of the molecule is C=C/C(=C\C=C/CCl)CNC(=O)Nn1cnn1/C(CC)=N/C(=NC)NC/C(Cl)=C\C(F)=C/C. The summed E-state index contributed by atoms with van der Waals surface area (Å²) in [6.45, 7) is 7.59. The number of rotatable bonds is 10. The number of guanidine groups is 1. The lowest BCUT2D eigenvalue weighted by Gasteiger charge is -2.20. The first-order chi connectivity index (χ1) is 15.9. The number of amides is 2. The maximum atomic E-state index is 13.3. The van der Waals surface area contributed by atoms with Crippen LogP contribution in [0, 0.1) is 0 Å². The molecular formula is C21H29Cl2FN8O. The van der Waals surface area contributed by atoms with Crippen molar-refractivity contribution in [2.75, 3.05) is 31.4 Å². The van der Waals surface area contributed by atoms with Crippen LogP contribution in [0.1, 0.15) is 20.3 Å². The Balaban J connectivity index is 2.77. The second-order valence-corrected chi connectivity index (χ2v) is 7.03. The molecule has 12 heteroatoms. The van der Waals surface area contributed by atoms with Crippen LogP contribution in [-0.4, -0.2) is 58.5 Å². The molecule has 0 unspecified atom stereocenters. The summed E-state index contributed by atoms with van der Waals surface area (Å²) in [5, 5.41) is 10.0. The average molecular weight is 499 g/mol. The van der Waals surface area contributed by atoms with Crippen LogP contribution < -0.4 is 16.1 Å². The number of hydrogen-bond donors (Lipinski definition) is 3. The first-order valence-corrected chi connectivity index (χ1v) is 11.0. The lowest BCUT2D eigenvalue weighted by molar-refractivity contribution is 0.248. The molecular weight excluding hydrogens is 470 g/mol. The van der Waals surface area contributed by atoms with Gasteiger partial charge in [0.25, 0.3) is 0 Å². The van der Waals surface area contributed by atoms with Gasteiger partial charge in [-0.2, -0.15) is 9.78 Å². The van der Waals surface area contributed by atoms with Crippen LogP contribution in [0.25, 0.3) is 0 Å². The Hall–Kier alpha value is -3.11. The zero-order valence-corrected chi connectivity index (χ0v) is 20.4. The molecule has 0 spiro atoms. The fraction of sp³-hybridized carbons (Fsp3) is 0.333. The summed E-state index contributed by atoms with van der Waals surface area (Å²) in [6.07, 6.45) is 11.4. The standard InChI is InChI=1S/C21H29Cl2FN8O/c1-5-16(10-8-9-11-22)13-27-21(33)30-31-15-28-32(31)19(7-3)29-20(25-4)26-14-17(23)12-18(24)6-2/h5-6,8-10,12,15H,1,7,11,13-14H2,2-4H3,(H,25,26)(H2,27,30,33)/b9-8-,16-10+,17-12+,18-6+,29-19+. The van der Waals surface area contributed by atoms with Crippen molar-refractivity contribution in [3.8, 4) is 0 Å². The van der Waals surface area contributed by atoms with Crippen LogP contribution >= 0.6 is 23.2 Å². The van der Waals surface area contributed by atoms with Crippen molar-refractivity contribution in [1.82, 2.24) is 25.3 Å². The normalized spacial score (nSPS) is 14.1. The van der Waals surface area contributed by atoms with E-state index in [2.05, 4.69) is 37.7 Å². The van der Waals surface area contributed by atoms with Crippen molar-refractivity contribution in [2.45, 2.75) is 20.3 Å². The third-order valence-corrected chi connectivity index (χ3v) is 4.34. The number of carbonyl (C=O) groups excluding carboxylic acids is 1. The van der Waals surface area contributed by atoms with E-state index >= 15 is 0 Å². The molecule has 1 aromatic rings. The van der Waals surface area contributed by atoms with Crippen LogP contribution in [0.5, 0.6) is 0 Å². The van der Waals surface area contributed by atoms with E-state index in [4.69, 9.17) is 23.2 Å². The number of carbonyl (C=O) groups is 1. The largest absolute Gasteiger partial charge is 0.350 e. The molecule has 0 aromatic carbocycles. The van der Waals surface area contributed by atoms with E-state index in [1.165, 1.54) is 28.1 Å². The van der Waals surface area contributed by atoms with E-state index in [9.17, 15) is 9.18 Å². The van der Waals surface area contributed by atoms with E-state index in [1.807, 2.05) is 13.0 Å². The van der Waals surface area contributed by atoms with Crippen molar-refractivity contribution in [2.24, 2.45) is 9.98 Å². The highest BCUT2D eigenvalue weighted by molar-refractivity contribution is 6.30. The molecule has 3 N–H and O–H groups in total. The summed E-state index contributed by atoms with van der Waals surface area (Å²) in [6, 6.07) is -0.443. The van der Waals surface area contributed by atoms with Crippen LogP contribution in [0.3, 0.4) is 0 Å². The number of alkyl halides is 1. The topological polar surface area (TPSA) is 101 Å². The van der Waals surface area contributed by atoms with E-state index in [0.717, 1.165) is 5.57 Å². The average Bonchev–Trinajstić information content (AvgIpc) is 2.80. The lowest BCUT2D eigenvalue weighted by atomic mass is 10.2. The fourth-order valence-electron chi connectivity index (χ4n) is 2.19. The molecule has 0 fully saturated rings. The van der Waals surface area contributed by atoms with Crippen molar-refractivity contribution in [3.05, 3.63) is 65.8 Å². The van der Waals surface area contributed by atoms with E-state index in [0.29, 0.717) is 18.1 Å². The Morgan fingerprint density at radius 3 is 2.64 bits per heavy atom. The number of allylic oxidation sites excluding steroid dienone is 6. The second kappa shape index (κ2) is 15.7. The number of aromatic nitrogens is 3. The van der Waals surface area contributed by atoms with Gasteiger partial charge in [-0.3, -0.25) is 4.99 Å². The molecule has 1 aromatic heterocycles. The molecule has 0 bridgehead atoms. The van der Waals surface area contributed by atoms with E-state index in [-0.39, 0.29) is 24.1 Å². The highest BCUT2D eigenvalue weighted by Crippen LogP contribution is 2.07. The highest BCUT2D eigenvalue weighted by atomic mass is 35.5. The monoisotopic (exact) mass is 498 g/mol. The number of halogens is 3. The molecule has 0 saturated carbocycles. The molecule has 1 heterocycles. The molecule has 0 atom stereocenters. The van der Waals surface area contributed by atoms with Crippen molar-refractivity contribution >= 4 is 41.0 Å². The van der Waals surface area contributed by atoms with Gasteiger partial charge < -0.3 is 10.6 Å². The Morgan fingerprint density at radius 1 is 1.33 bits per heavy atom. The Bertz CT molecular complexity index is 969. The highest BCUT2D eigenvalue weighted by Gasteiger charge is 2.12. The summed E-state index contributed by atoms with van der Waals surface area (Å²) < 4.78 is 13.3. The van der Waals surface area contributed by atoms with Crippen LogP contribution in [-0.2, 0) is 0 Å². The predicted octanol–water partition coefficient (Wildman–Crippen LogP) is 4.07. The van der Waals surface area contributed by atoms with Crippen LogP contribution in [0.15, 0.2) is 75.8 Å². The summed E-state index contributed by atoms with van der Waals surface area (Å²) in [5.41, 5.74) is 3.45. The van der Waals surface area contributed by atoms with Gasteiger partial charge >= 0.3 is 6.03 Å². The molecule has 180 valence electrons. The zero-order chi connectivity index (χ0) is 24.6. The number of urea groups is 1. The molecule has 0 radical (unpaired) electrons. The minimum atomic E-state index is -0.443. The number of aliphatic imine (C=N–C) groups is 2. The van der Waals surface area contributed by atoms with Gasteiger partial charge in [-0.25, -0.2) is 14.6 Å². The van der Waals surface area contributed by atoms with Crippen molar-refractivity contribution < 1.29 is 9.18 Å². The summed E-state index contributed by atoms with van der Waals surface area (Å²) in [7, 11) is 1.55. The van der Waals surface area contributed by atoms with Crippen LogP contribution in [0.2, 0.25) is 0 Å². The Kier molecular flexibility index (Phi) is 13.2. The van der Waals surface area contributed by atoms with Gasteiger partial charge in [-0.1, -0.05) is 55.5 Å². The summed E-state index contributed by atoms with van der Waals surface area (Å²) in [4.78, 5) is 23.5. The van der Waals surface area contributed by atoms with E-state index < -0.39 is 11.9 Å². The van der Waals surface area contributed by atoms with Crippen molar-refractivity contribution in [1.29, 1.82) is 0 Å². The summed E-state index contributed by atoms with van der Waals surface area (Å²) in [5.74, 6) is 0.741. The number of hydrogen-bond acceptors (Lipinski definition) is 3. The maximum Gasteiger partial charge on any atom is 0.335 e. The smallest absolute Gasteiger partial charge is 0.335 e. The third-order valence-electron chi connectivity index (χ3n) is 3.92. The molecule has 1 rings (SSSR count). The molecule has 0 saturated heterocycles. The van der Waals surface area contributed by atoms with Gasteiger partial charge in [0.2, 0.25) is 5.96 Å². The molecule has 9 nitrogen and oxygen atoms in total. The molecule has 0 aliphatic carbocycles. The third kappa shape index (κ3) is 10.4. The first-order valence-electron chi connectivity index (χ1n) is 10.1. The Labute approximate surface area is 203 Å². The van der Waals surface area contributed by atoms with Gasteiger partial charge in [-0.15, -0.1) is 21.5 Å². The quantitative estimate of drug-likeness (QED) is 0.196. The molecule has 2 amide bonds. The molecule has 0 aliphatic heterocycles. The van der Waals surface area contributed by atoms with E-state index in [1.54, 1.807) is 32.2 Å². The van der Waals surface area contributed by atoms with Crippen LogP contribution in [0.4, 0.5) is 9.18 Å². The number of nitrogens with zero attached hydrogens (tertiary/aromatic N) is 5.